The first-order chi connectivity index (χ1) is 19.3. The normalized spacial score (nSPS) is 16.7. The van der Waals surface area contributed by atoms with Crippen LogP contribution in [0.15, 0.2) is 48.5 Å². The van der Waals surface area contributed by atoms with Gasteiger partial charge in [-0.15, -0.1) is 0 Å². The summed E-state index contributed by atoms with van der Waals surface area (Å²) in [6.07, 6.45) is 26.0. The standard InChI is InChI=1S/C39H54/c1-3-5-7-9-11-13-15-17-35-20-24-37(25-21-35)27-29-39-32-30-38(31-33-39)28-26-36-22-18-34(19-23-36)16-14-12-10-8-6-4-2/h20-21,24-25,30-34,36H,3-14,16,18-19,22-23,26,28H2,1-2H3. The van der Waals surface area contributed by atoms with E-state index in [2.05, 4.69) is 86.1 Å². The lowest BCUT2D eigenvalue weighted by molar-refractivity contribution is 0.248. The van der Waals surface area contributed by atoms with Crippen LogP contribution in [0.3, 0.4) is 0 Å². The number of aryl methyl sites for hydroxylation is 1. The molecular formula is C39H54. The van der Waals surface area contributed by atoms with E-state index in [0.717, 1.165) is 34.9 Å². The summed E-state index contributed by atoms with van der Waals surface area (Å²) in [5.74, 6) is 15.2. The Morgan fingerprint density at radius 2 is 0.974 bits per heavy atom. The van der Waals surface area contributed by atoms with Gasteiger partial charge in [0, 0.05) is 23.1 Å². The quantitative estimate of drug-likeness (QED) is 0.161. The fourth-order valence-corrected chi connectivity index (χ4v) is 5.91. The Balaban J connectivity index is 1.32. The first-order valence-electron chi connectivity index (χ1n) is 16.5. The van der Waals surface area contributed by atoms with Crippen molar-refractivity contribution in [3.05, 3.63) is 70.8 Å². The Kier molecular flexibility index (Phi) is 15.6. The minimum absolute atomic E-state index is 0.934. The number of rotatable bonds is 15. The zero-order valence-corrected chi connectivity index (χ0v) is 25.2. The van der Waals surface area contributed by atoms with Crippen molar-refractivity contribution in [2.24, 2.45) is 11.8 Å². The van der Waals surface area contributed by atoms with Crippen molar-refractivity contribution in [1.82, 2.24) is 0 Å². The fourth-order valence-electron chi connectivity index (χ4n) is 5.91. The molecule has 0 aliphatic heterocycles. The molecule has 0 unspecified atom stereocenters. The van der Waals surface area contributed by atoms with Crippen molar-refractivity contribution in [3.8, 4) is 23.7 Å². The van der Waals surface area contributed by atoms with Crippen molar-refractivity contribution in [2.75, 3.05) is 0 Å². The molecule has 1 saturated carbocycles. The maximum Gasteiger partial charge on any atom is 0.0249 e. The highest BCUT2D eigenvalue weighted by Crippen LogP contribution is 2.34. The molecule has 0 amide bonds. The summed E-state index contributed by atoms with van der Waals surface area (Å²) >= 11 is 0. The van der Waals surface area contributed by atoms with Crippen LogP contribution in [-0.2, 0) is 6.42 Å². The molecule has 0 radical (unpaired) electrons. The topological polar surface area (TPSA) is 0 Å². The molecule has 0 saturated heterocycles. The molecule has 1 aliphatic rings. The SMILES string of the molecule is CCCCCCCC#Cc1ccc(C#Cc2ccc(CCC3CCC(CCCCCCCC)CC3)cc2)cc1. The van der Waals surface area contributed by atoms with E-state index < -0.39 is 0 Å². The van der Waals surface area contributed by atoms with Gasteiger partial charge in [0.25, 0.3) is 0 Å². The zero-order chi connectivity index (χ0) is 27.4. The summed E-state index contributed by atoms with van der Waals surface area (Å²) < 4.78 is 0. The van der Waals surface area contributed by atoms with E-state index in [1.165, 1.54) is 121 Å². The largest absolute Gasteiger partial charge is 0.0979 e. The summed E-state index contributed by atoms with van der Waals surface area (Å²) in [4.78, 5) is 0. The van der Waals surface area contributed by atoms with Gasteiger partial charge >= 0.3 is 0 Å². The summed E-state index contributed by atoms with van der Waals surface area (Å²) in [6.45, 7) is 4.56. The van der Waals surface area contributed by atoms with Crippen LogP contribution in [0.2, 0.25) is 0 Å². The minimum Gasteiger partial charge on any atom is -0.0979 e. The monoisotopic (exact) mass is 522 g/mol. The average molecular weight is 523 g/mol. The second kappa shape index (κ2) is 19.6. The van der Waals surface area contributed by atoms with Crippen LogP contribution in [0.5, 0.6) is 0 Å². The lowest BCUT2D eigenvalue weighted by Gasteiger charge is -2.28. The molecule has 39 heavy (non-hydrogen) atoms. The first-order valence-corrected chi connectivity index (χ1v) is 16.5. The van der Waals surface area contributed by atoms with Crippen LogP contribution >= 0.6 is 0 Å². The Morgan fingerprint density at radius 3 is 1.56 bits per heavy atom. The number of unbranched alkanes of at least 4 members (excludes halogenated alkanes) is 10. The third kappa shape index (κ3) is 13.5. The Bertz CT molecular complexity index is 1010. The Labute approximate surface area is 241 Å². The molecule has 1 fully saturated rings. The van der Waals surface area contributed by atoms with Gasteiger partial charge in [0.05, 0.1) is 0 Å². The molecule has 0 spiro atoms. The lowest BCUT2D eigenvalue weighted by atomic mass is 9.77. The Hall–Kier alpha value is -2.44. The van der Waals surface area contributed by atoms with Crippen LogP contribution in [0.25, 0.3) is 0 Å². The molecular weight excluding hydrogens is 468 g/mol. The van der Waals surface area contributed by atoms with Crippen LogP contribution in [-0.4, -0.2) is 0 Å². The summed E-state index contributed by atoms with van der Waals surface area (Å²) in [7, 11) is 0. The number of benzene rings is 2. The molecule has 0 bridgehead atoms. The van der Waals surface area contributed by atoms with Gasteiger partial charge < -0.3 is 0 Å². The van der Waals surface area contributed by atoms with Gasteiger partial charge in [-0.3, -0.25) is 0 Å². The molecule has 3 rings (SSSR count). The highest BCUT2D eigenvalue weighted by atomic mass is 14.3. The van der Waals surface area contributed by atoms with Crippen molar-refractivity contribution >= 4 is 0 Å². The van der Waals surface area contributed by atoms with Crippen molar-refractivity contribution < 1.29 is 0 Å². The van der Waals surface area contributed by atoms with Gasteiger partial charge in [-0.1, -0.05) is 146 Å². The van der Waals surface area contributed by atoms with E-state index in [-0.39, 0.29) is 0 Å². The fraction of sp³-hybridized carbons (Fsp3) is 0.590. The van der Waals surface area contributed by atoms with E-state index in [9.17, 15) is 0 Å². The van der Waals surface area contributed by atoms with Crippen LogP contribution < -0.4 is 0 Å². The molecule has 0 nitrogen and oxygen atoms in total. The smallest absolute Gasteiger partial charge is 0.0249 e. The number of hydrogen-bond acceptors (Lipinski definition) is 0. The third-order valence-corrected chi connectivity index (χ3v) is 8.60. The summed E-state index contributed by atoms with van der Waals surface area (Å²) in [6, 6.07) is 17.3. The maximum absolute atomic E-state index is 3.34. The first kappa shape index (κ1) is 31.1. The highest BCUT2D eigenvalue weighted by molar-refractivity contribution is 5.46. The molecule has 210 valence electrons. The second-order valence-corrected chi connectivity index (χ2v) is 12.0. The molecule has 1 aliphatic carbocycles. The van der Waals surface area contributed by atoms with Gasteiger partial charge in [0.15, 0.2) is 0 Å². The van der Waals surface area contributed by atoms with Gasteiger partial charge in [0.1, 0.15) is 0 Å². The van der Waals surface area contributed by atoms with Gasteiger partial charge in [0.2, 0.25) is 0 Å². The van der Waals surface area contributed by atoms with E-state index in [0.29, 0.717) is 0 Å². The lowest BCUT2D eigenvalue weighted by Crippen LogP contribution is -2.15. The van der Waals surface area contributed by atoms with E-state index in [1.807, 2.05) is 0 Å². The van der Waals surface area contributed by atoms with Crippen molar-refractivity contribution in [3.63, 3.8) is 0 Å². The number of hydrogen-bond donors (Lipinski definition) is 0. The molecule has 0 heterocycles. The molecule has 2 aromatic carbocycles. The molecule has 0 N–H and O–H groups in total. The average Bonchev–Trinajstić information content (AvgIpc) is 2.98. The highest BCUT2D eigenvalue weighted by Gasteiger charge is 2.20. The van der Waals surface area contributed by atoms with Gasteiger partial charge in [-0.2, -0.15) is 0 Å². The zero-order valence-electron chi connectivity index (χ0n) is 25.2. The van der Waals surface area contributed by atoms with Crippen molar-refractivity contribution in [1.29, 1.82) is 0 Å². The molecule has 2 aromatic rings. The van der Waals surface area contributed by atoms with Gasteiger partial charge in [-0.25, -0.2) is 0 Å². The maximum atomic E-state index is 3.34. The summed E-state index contributed by atoms with van der Waals surface area (Å²) in [5.41, 5.74) is 4.70. The molecule has 0 heteroatoms. The molecule has 0 aromatic heterocycles. The van der Waals surface area contributed by atoms with Crippen LogP contribution in [0.4, 0.5) is 0 Å². The molecule has 0 atom stereocenters. The van der Waals surface area contributed by atoms with E-state index >= 15 is 0 Å². The van der Waals surface area contributed by atoms with Crippen LogP contribution in [0, 0.1) is 35.5 Å². The Morgan fingerprint density at radius 1 is 0.513 bits per heavy atom. The van der Waals surface area contributed by atoms with E-state index in [4.69, 9.17) is 0 Å². The predicted molar refractivity (Wildman–Crippen MR) is 171 cm³/mol. The van der Waals surface area contributed by atoms with Crippen molar-refractivity contribution in [2.45, 2.75) is 136 Å². The van der Waals surface area contributed by atoms with Gasteiger partial charge in [-0.05, 0) is 73.1 Å². The summed E-state index contributed by atoms with van der Waals surface area (Å²) in [5, 5.41) is 0. The second-order valence-electron chi connectivity index (χ2n) is 12.0. The minimum atomic E-state index is 0.934. The predicted octanol–water partition coefficient (Wildman–Crippen LogP) is 11.3. The third-order valence-electron chi connectivity index (χ3n) is 8.60. The van der Waals surface area contributed by atoms with E-state index in [1.54, 1.807) is 0 Å². The van der Waals surface area contributed by atoms with Crippen LogP contribution in [0.1, 0.15) is 152 Å².